The number of benzene rings is 1. The molecule has 1 aliphatic heterocycles. The third-order valence-electron chi connectivity index (χ3n) is 5.38. The molecule has 0 aromatic heterocycles. The van der Waals surface area contributed by atoms with Gasteiger partial charge in [0.15, 0.2) is 0 Å². The average molecular weight is 332 g/mol. The Balaban J connectivity index is 1.51. The first-order valence-electron chi connectivity index (χ1n) is 8.43. The molecule has 1 saturated carbocycles. The number of aliphatic carboxylic acids is 1. The van der Waals surface area contributed by atoms with Gasteiger partial charge in [-0.2, -0.15) is 0 Å². The van der Waals surface area contributed by atoms with E-state index in [9.17, 15) is 14.7 Å². The van der Waals surface area contributed by atoms with Gasteiger partial charge in [0.25, 0.3) is 0 Å². The molecule has 1 heterocycles. The maximum absolute atomic E-state index is 12.1. The van der Waals surface area contributed by atoms with Gasteiger partial charge < -0.3 is 20.1 Å². The molecule has 130 valence electrons. The standard InChI is InChI=1S/C18H24N2O4/c1-24-15-6-2-5-14(10-15)19-16(21)7-9-20-11-13-4-3-8-18(13,12-20)17(22)23/h2,5-6,10,13H,3-4,7-9,11-12H2,1H3,(H,19,21)(H,22,23)/t13-,18+/m0/s1. The number of rotatable bonds is 6. The number of carbonyl (C=O) groups is 2. The highest BCUT2D eigenvalue weighted by Gasteiger charge is 2.54. The van der Waals surface area contributed by atoms with Crippen LogP contribution in [0.5, 0.6) is 5.75 Å². The number of methoxy groups -OCH3 is 1. The van der Waals surface area contributed by atoms with Gasteiger partial charge in [-0.1, -0.05) is 12.5 Å². The molecule has 0 spiro atoms. The van der Waals surface area contributed by atoms with Gasteiger partial charge in [-0.25, -0.2) is 0 Å². The third kappa shape index (κ3) is 3.24. The summed E-state index contributed by atoms with van der Waals surface area (Å²) >= 11 is 0. The molecule has 1 amide bonds. The molecule has 2 fully saturated rings. The van der Waals surface area contributed by atoms with E-state index in [2.05, 4.69) is 10.2 Å². The van der Waals surface area contributed by atoms with Crippen molar-refractivity contribution < 1.29 is 19.4 Å². The van der Waals surface area contributed by atoms with Gasteiger partial charge in [-0.3, -0.25) is 9.59 Å². The monoisotopic (exact) mass is 332 g/mol. The Morgan fingerprint density at radius 1 is 1.46 bits per heavy atom. The zero-order valence-electron chi connectivity index (χ0n) is 14.0. The minimum absolute atomic E-state index is 0.0651. The molecule has 2 atom stereocenters. The molecule has 1 aromatic carbocycles. The second-order valence-electron chi connectivity index (χ2n) is 6.82. The first-order chi connectivity index (χ1) is 11.5. The van der Waals surface area contributed by atoms with Crippen molar-refractivity contribution in [2.75, 3.05) is 32.1 Å². The summed E-state index contributed by atoms with van der Waals surface area (Å²) in [6.45, 7) is 1.96. The molecule has 2 N–H and O–H groups in total. The summed E-state index contributed by atoms with van der Waals surface area (Å²) in [6, 6.07) is 7.24. The van der Waals surface area contributed by atoms with Crippen LogP contribution in [0, 0.1) is 11.3 Å². The van der Waals surface area contributed by atoms with Crippen molar-refractivity contribution in [3.8, 4) is 5.75 Å². The first kappa shape index (κ1) is 16.8. The van der Waals surface area contributed by atoms with Crippen LogP contribution in [-0.4, -0.2) is 48.6 Å². The third-order valence-corrected chi connectivity index (χ3v) is 5.38. The number of amides is 1. The Kier molecular flexibility index (Phi) is 4.76. The van der Waals surface area contributed by atoms with E-state index in [0.29, 0.717) is 30.9 Å². The minimum atomic E-state index is -0.673. The van der Waals surface area contributed by atoms with Gasteiger partial charge in [-0.15, -0.1) is 0 Å². The number of ether oxygens (including phenoxy) is 1. The second kappa shape index (κ2) is 6.81. The van der Waals surface area contributed by atoms with Gasteiger partial charge >= 0.3 is 5.97 Å². The highest BCUT2D eigenvalue weighted by Crippen LogP contribution is 2.48. The van der Waals surface area contributed by atoms with Crippen molar-refractivity contribution in [2.24, 2.45) is 11.3 Å². The number of carbonyl (C=O) groups excluding carboxylic acids is 1. The normalized spacial score (nSPS) is 26.1. The van der Waals surface area contributed by atoms with E-state index in [-0.39, 0.29) is 11.8 Å². The smallest absolute Gasteiger partial charge is 0.311 e. The van der Waals surface area contributed by atoms with Crippen molar-refractivity contribution in [1.82, 2.24) is 4.90 Å². The van der Waals surface area contributed by atoms with Gasteiger partial charge in [0.05, 0.1) is 12.5 Å². The number of anilines is 1. The van der Waals surface area contributed by atoms with Crippen LogP contribution in [0.3, 0.4) is 0 Å². The SMILES string of the molecule is COc1cccc(NC(=O)CCN2C[C@@H]3CCC[C@@]3(C(=O)O)C2)c1. The Morgan fingerprint density at radius 2 is 2.29 bits per heavy atom. The number of likely N-dealkylation sites (tertiary alicyclic amines) is 1. The predicted octanol–water partition coefficient (Wildman–Crippen LogP) is 2.21. The summed E-state index contributed by atoms with van der Waals surface area (Å²) in [4.78, 5) is 25.9. The summed E-state index contributed by atoms with van der Waals surface area (Å²) in [7, 11) is 1.59. The van der Waals surface area contributed by atoms with Crippen LogP contribution < -0.4 is 10.1 Å². The number of hydrogen-bond donors (Lipinski definition) is 2. The fraction of sp³-hybridized carbons (Fsp3) is 0.556. The predicted molar refractivity (Wildman–Crippen MR) is 90.1 cm³/mol. The van der Waals surface area contributed by atoms with Crippen LogP contribution in [0.4, 0.5) is 5.69 Å². The van der Waals surface area contributed by atoms with Crippen LogP contribution in [-0.2, 0) is 9.59 Å². The lowest BCUT2D eigenvalue weighted by molar-refractivity contribution is -0.149. The van der Waals surface area contributed by atoms with Crippen LogP contribution in [0.1, 0.15) is 25.7 Å². The molecule has 2 aliphatic rings. The quantitative estimate of drug-likeness (QED) is 0.835. The van der Waals surface area contributed by atoms with Gasteiger partial charge in [0.1, 0.15) is 5.75 Å². The molecule has 0 bridgehead atoms. The van der Waals surface area contributed by atoms with Crippen molar-refractivity contribution in [2.45, 2.75) is 25.7 Å². The van der Waals surface area contributed by atoms with Gasteiger partial charge in [-0.05, 0) is 30.9 Å². The molecule has 1 aliphatic carbocycles. The van der Waals surface area contributed by atoms with Crippen molar-refractivity contribution in [1.29, 1.82) is 0 Å². The summed E-state index contributed by atoms with van der Waals surface area (Å²) in [5, 5.41) is 12.5. The van der Waals surface area contributed by atoms with E-state index < -0.39 is 11.4 Å². The highest BCUT2D eigenvalue weighted by molar-refractivity contribution is 5.91. The van der Waals surface area contributed by atoms with Gasteiger partial charge in [0.2, 0.25) is 5.91 Å². The molecular weight excluding hydrogens is 308 g/mol. The number of fused-ring (bicyclic) bond motifs is 1. The highest BCUT2D eigenvalue weighted by atomic mass is 16.5. The lowest BCUT2D eigenvalue weighted by Crippen LogP contribution is -2.36. The maximum Gasteiger partial charge on any atom is 0.311 e. The molecular formula is C18H24N2O4. The van der Waals surface area contributed by atoms with E-state index in [0.717, 1.165) is 25.8 Å². The maximum atomic E-state index is 12.1. The summed E-state index contributed by atoms with van der Waals surface area (Å²) in [5.41, 5.74) is 0.128. The fourth-order valence-electron chi connectivity index (χ4n) is 4.10. The van der Waals surface area contributed by atoms with E-state index in [1.807, 2.05) is 18.2 Å². The molecule has 24 heavy (non-hydrogen) atoms. The topological polar surface area (TPSA) is 78.9 Å². The lowest BCUT2D eigenvalue weighted by atomic mass is 9.81. The van der Waals surface area contributed by atoms with Crippen molar-refractivity contribution in [3.63, 3.8) is 0 Å². The van der Waals surface area contributed by atoms with E-state index in [1.54, 1.807) is 13.2 Å². The Labute approximate surface area is 141 Å². The van der Waals surface area contributed by atoms with E-state index >= 15 is 0 Å². The van der Waals surface area contributed by atoms with Crippen LogP contribution >= 0.6 is 0 Å². The minimum Gasteiger partial charge on any atom is -0.497 e. The Bertz CT molecular complexity index is 633. The van der Waals surface area contributed by atoms with Crippen LogP contribution in [0.15, 0.2) is 24.3 Å². The summed E-state index contributed by atoms with van der Waals surface area (Å²) in [6.07, 6.45) is 3.11. The second-order valence-corrected chi connectivity index (χ2v) is 6.82. The van der Waals surface area contributed by atoms with E-state index in [1.165, 1.54) is 0 Å². The molecule has 0 unspecified atom stereocenters. The van der Waals surface area contributed by atoms with Crippen molar-refractivity contribution in [3.05, 3.63) is 24.3 Å². The average Bonchev–Trinajstić information content (AvgIpc) is 3.11. The number of hydrogen-bond acceptors (Lipinski definition) is 4. The first-order valence-corrected chi connectivity index (χ1v) is 8.43. The van der Waals surface area contributed by atoms with Crippen LogP contribution in [0.2, 0.25) is 0 Å². The number of carboxylic acids is 1. The fourth-order valence-corrected chi connectivity index (χ4v) is 4.10. The van der Waals surface area contributed by atoms with Gasteiger partial charge in [0, 0.05) is 37.8 Å². The molecule has 3 rings (SSSR count). The number of nitrogens with one attached hydrogen (secondary N) is 1. The molecule has 1 saturated heterocycles. The lowest BCUT2D eigenvalue weighted by Gasteiger charge is -2.23. The number of carboxylic acid groups (broad SMARTS) is 1. The Morgan fingerprint density at radius 3 is 3.00 bits per heavy atom. The molecule has 0 radical (unpaired) electrons. The zero-order chi connectivity index (χ0) is 17.2. The van der Waals surface area contributed by atoms with Crippen LogP contribution in [0.25, 0.3) is 0 Å². The molecule has 6 nitrogen and oxygen atoms in total. The number of nitrogens with zero attached hydrogens (tertiary/aromatic N) is 1. The zero-order valence-corrected chi connectivity index (χ0v) is 14.0. The molecule has 6 heteroatoms. The summed E-state index contributed by atoms with van der Waals surface area (Å²) in [5.74, 6) is 0.193. The van der Waals surface area contributed by atoms with E-state index in [4.69, 9.17) is 4.74 Å². The Hall–Kier alpha value is -2.08. The molecule has 1 aromatic rings. The largest absolute Gasteiger partial charge is 0.497 e. The summed E-state index contributed by atoms with van der Waals surface area (Å²) < 4.78 is 5.14. The van der Waals surface area contributed by atoms with Crippen molar-refractivity contribution >= 4 is 17.6 Å².